The Kier molecular flexibility index (Phi) is 5.76. The van der Waals surface area contributed by atoms with Crippen molar-refractivity contribution >= 4 is 12.0 Å². The van der Waals surface area contributed by atoms with Crippen molar-refractivity contribution in [3.63, 3.8) is 0 Å². The van der Waals surface area contributed by atoms with Crippen molar-refractivity contribution in [1.82, 2.24) is 10.2 Å². The van der Waals surface area contributed by atoms with Gasteiger partial charge >= 0.3 is 12.0 Å². The fourth-order valence-electron chi connectivity index (χ4n) is 2.19. The SMILES string of the molecule is CCC1COC(C)CN1C(=O)NCC(C)(O)CC(=O)O. The van der Waals surface area contributed by atoms with Gasteiger partial charge in [0.25, 0.3) is 0 Å². The molecule has 0 spiro atoms. The minimum Gasteiger partial charge on any atom is -0.481 e. The maximum absolute atomic E-state index is 12.1. The predicted molar refractivity (Wildman–Crippen MR) is 72.5 cm³/mol. The molecule has 1 aliphatic rings. The third kappa shape index (κ3) is 4.97. The first kappa shape index (κ1) is 16.7. The van der Waals surface area contributed by atoms with Gasteiger partial charge in [-0.05, 0) is 20.3 Å². The van der Waals surface area contributed by atoms with Crippen LogP contribution in [0.3, 0.4) is 0 Å². The van der Waals surface area contributed by atoms with Crippen LogP contribution in [0.1, 0.15) is 33.6 Å². The Morgan fingerprint density at radius 2 is 2.15 bits per heavy atom. The van der Waals surface area contributed by atoms with E-state index in [0.717, 1.165) is 6.42 Å². The monoisotopic (exact) mass is 288 g/mol. The van der Waals surface area contributed by atoms with E-state index in [4.69, 9.17) is 9.84 Å². The molecule has 1 saturated heterocycles. The van der Waals surface area contributed by atoms with Crippen LogP contribution in [-0.4, -0.2) is 64.6 Å². The van der Waals surface area contributed by atoms with Crippen molar-refractivity contribution in [2.75, 3.05) is 19.7 Å². The molecular formula is C13H24N2O5. The number of rotatable bonds is 5. The van der Waals surface area contributed by atoms with E-state index in [0.29, 0.717) is 13.2 Å². The zero-order valence-electron chi connectivity index (χ0n) is 12.3. The van der Waals surface area contributed by atoms with E-state index in [1.807, 2.05) is 13.8 Å². The van der Waals surface area contributed by atoms with Crippen LogP contribution in [0.25, 0.3) is 0 Å². The molecule has 1 heterocycles. The van der Waals surface area contributed by atoms with E-state index in [2.05, 4.69) is 5.32 Å². The number of carboxylic acids is 1. The van der Waals surface area contributed by atoms with Crippen molar-refractivity contribution in [2.45, 2.75) is 51.4 Å². The second-order valence-corrected chi connectivity index (χ2v) is 5.58. The van der Waals surface area contributed by atoms with Gasteiger partial charge in [0.05, 0.1) is 30.8 Å². The molecule has 0 aromatic rings. The van der Waals surface area contributed by atoms with E-state index in [9.17, 15) is 14.7 Å². The van der Waals surface area contributed by atoms with Crippen LogP contribution in [0.4, 0.5) is 4.79 Å². The number of carboxylic acid groups (broad SMARTS) is 1. The quantitative estimate of drug-likeness (QED) is 0.681. The molecule has 1 rings (SSSR count). The number of amides is 2. The van der Waals surface area contributed by atoms with E-state index < -0.39 is 18.0 Å². The number of ether oxygens (including phenoxy) is 1. The van der Waals surface area contributed by atoms with Crippen LogP contribution in [0.2, 0.25) is 0 Å². The summed E-state index contributed by atoms with van der Waals surface area (Å²) in [5.74, 6) is -1.10. The first-order valence-corrected chi connectivity index (χ1v) is 6.85. The molecule has 0 saturated carbocycles. The molecule has 3 unspecified atom stereocenters. The molecule has 116 valence electrons. The molecule has 0 bridgehead atoms. The van der Waals surface area contributed by atoms with Crippen molar-refractivity contribution in [2.24, 2.45) is 0 Å². The molecular weight excluding hydrogens is 264 g/mol. The number of nitrogens with zero attached hydrogens (tertiary/aromatic N) is 1. The number of morpholine rings is 1. The van der Waals surface area contributed by atoms with Gasteiger partial charge < -0.3 is 25.2 Å². The standard InChI is InChI=1S/C13H24N2O5/c1-4-10-7-20-9(2)6-15(10)12(18)14-8-13(3,19)5-11(16)17/h9-10,19H,4-8H2,1-3H3,(H,14,18)(H,16,17). The highest BCUT2D eigenvalue weighted by molar-refractivity contribution is 5.75. The molecule has 20 heavy (non-hydrogen) atoms. The third-order valence-electron chi connectivity index (χ3n) is 3.35. The number of carbonyl (C=O) groups is 2. The molecule has 0 aliphatic carbocycles. The zero-order valence-corrected chi connectivity index (χ0v) is 12.3. The summed E-state index contributed by atoms with van der Waals surface area (Å²) in [6.07, 6.45) is 0.346. The highest BCUT2D eigenvalue weighted by Gasteiger charge is 2.31. The number of urea groups is 1. The van der Waals surface area contributed by atoms with Crippen molar-refractivity contribution in [1.29, 1.82) is 0 Å². The normalized spacial score (nSPS) is 25.9. The molecule has 3 N–H and O–H groups in total. The lowest BCUT2D eigenvalue weighted by atomic mass is 10.0. The fraction of sp³-hybridized carbons (Fsp3) is 0.846. The van der Waals surface area contributed by atoms with Crippen LogP contribution < -0.4 is 5.32 Å². The second-order valence-electron chi connectivity index (χ2n) is 5.58. The lowest BCUT2D eigenvalue weighted by molar-refractivity contribution is -0.141. The first-order valence-electron chi connectivity index (χ1n) is 6.85. The highest BCUT2D eigenvalue weighted by atomic mass is 16.5. The van der Waals surface area contributed by atoms with Crippen LogP contribution in [0.15, 0.2) is 0 Å². The summed E-state index contributed by atoms with van der Waals surface area (Å²) in [7, 11) is 0. The van der Waals surface area contributed by atoms with Gasteiger partial charge in [0.2, 0.25) is 0 Å². The third-order valence-corrected chi connectivity index (χ3v) is 3.35. The predicted octanol–water partition coefficient (Wildman–Crippen LogP) is 0.421. The molecule has 0 aromatic heterocycles. The van der Waals surface area contributed by atoms with Crippen molar-refractivity contribution < 1.29 is 24.5 Å². The summed E-state index contributed by atoms with van der Waals surface area (Å²) in [4.78, 5) is 24.4. The first-order chi connectivity index (χ1) is 9.25. The Labute approximate surface area is 118 Å². The Balaban J connectivity index is 2.54. The van der Waals surface area contributed by atoms with Crippen LogP contribution in [0, 0.1) is 0 Å². The summed E-state index contributed by atoms with van der Waals surface area (Å²) in [6, 6.07) is -0.284. The number of nitrogens with one attached hydrogen (secondary N) is 1. The average Bonchev–Trinajstić information content (AvgIpc) is 2.34. The second kappa shape index (κ2) is 6.90. The van der Waals surface area contributed by atoms with Gasteiger partial charge in [-0.15, -0.1) is 0 Å². The summed E-state index contributed by atoms with van der Waals surface area (Å²) >= 11 is 0. The minimum absolute atomic E-state index is 0.00984. The molecule has 0 aromatic carbocycles. The van der Waals surface area contributed by atoms with Gasteiger partial charge in [0.15, 0.2) is 0 Å². The van der Waals surface area contributed by atoms with Crippen LogP contribution >= 0.6 is 0 Å². The maximum atomic E-state index is 12.1. The molecule has 2 amide bonds. The Morgan fingerprint density at radius 1 is 1.50 bits per heavy atom. The van der Waals surface area contributed by atoms with E-state index >= 15 is 0 Å². The van der Waals surface area contributed by atoms with E-state index in [-0.39, 0.29) is 24.7 Å². The zero-order chi connectivity index (χ0) is 15.3. The summed E-state index contributed by atoms with van der Waals surface area (Å²) in [5, 5.41) is 21.1. The Morgan fingerprint density at radius 3 is 2.70 bits per heavy atom. The molecule has 1 fully saturated rings. The van der Waals surface area contributed by atoms with Crippen molar-refractivity contribution in [3.05, 3.63) is 0 Å². The summed E-state index contributed by atoms with van der Waals surface area (Å²) < 4.78 is 5.51. The molecule has 3 atom stereocenters. The molecule has 1 aliphatic heterocycles. The van der Waals surface area contributed by atoms with Gasteiger partial charge in [0.1, 0.15) is 0 Å². The topological polar surface area (TPSA) is 99.1 Å². The van der Waals surface area contributed by atoms with Gasteiger partial charge in [-0.3, -0.25) is 4.79 Å². The van der Waals surface area contributed by atoms with Gasteiger partial charge in [-0.1, -0.05) is 6.92 Å². The smallest absolute Gasteiger partial charge is 0.317 e. The lowest BCUT2D eigenvalue weighted by Gasteiger charge is -2.38. The Bertz CT molecular complexity index is 359. The average molecular weight is 288 g/mol. The van der Waals surface area contributed by atoms with Gasteiger partial charge in [-0.2, -0.15) is 0 Å². The highest BCUT2D eigenvalue weighted by Crippen LogP contribution is 2.15. The largest absolute Gasteiger partial charge is 0.481 e. The summed E-state index contributed by atoms with van der Waals surface area (Å²) in [5.41, 5.74) is -1.46. The van der Waals surface area contributed by atoms with E-state index in [1.54, 1.807) is 4.90 Å². The van der Waals surface area contributed by atoms with Crippen LogP contribution in [-0.2, 0) is 9.53 Å². The van der Waals surface area contributed by atoms with Crippen molar-refractivity contribution in [3.8, 4) is 0 Å². The van der Waals surface area contributed by atoms with Gasteiger partial charge in [-0.25, -0.2) is 4.79 Å². The number of hydrogen-bond acceptors (Lipinski definition) is 4. The van der Waals surface area contributed by atoms with Crippen LogP contribution in [0.5, 0.6) is 0 Å². The number of carbonyl (C=O) groups excluding carboxylic acids is 1. The molecule has 0 radical (unpaired) electrons. The van der Waals surface area contributed by atoms with Gasteiger partial charge in [0, 0.05) is 13.1 Å². The lowest BCUT2D eigenvalue weighted by Crippen LogP contribution is -2.56. The minimum atomic E-state index is -1.46. The summed E-state index contributed by atoms with van der Waals surface area (Å²) in [6.45, 7) is 6.15. The Hall–Kier alpha value is -1.34. The number of aliphatic carboxylic acids is 1. The number of aliphatic hydroxyl groups is 1. The molecule has 7 heteroatoms. The molecule has 7 nitrogen and oxygen atoms in total. The fourth-order valence-corrected chi connectivity index (χ4v) is 2.19. The van der Waals surface area contributed by atoms with E-state index in [1.165, 1.54) is 6.92 Å². The maximum Gasteiger partial charge on any atom is 0.317 e. The number of hydrogen-bond donors (Lipinski definition) is 3.